The summed E-state index contributed by atoms with van der Waals surface area (Å²) in [6, 6.07) is 22.3. The maximum absolute atomic E-state index is 11.3. The van der Waals surface area contributed by atoms with Crippen LogP contribution in [-0.2, 0) is 4.79 Å². The molecule has 0 radical (unpaired) electrons. The van der Waals surface area contributed by atoms with Crippen LogP contribution in [0.15, 0.2) is 76.0 Å². The minimum absolute atomic E-state index is 0.279. The first kappa shape index (κ1) is 25.4. The molecular formula is C30H30N2O3S. The molecule has 0 saturated heterocycles. The maximum Gasteiger partial charge on any atom is 0.346 e. The number of unbranched alkanes of at least 4 members (excludes halogenated alkanes) is 3. The van der Waals surface area contributed by atoms with E-state index in [0.717, 1.165) is 57.6 Å². The predicted molar refractivity (Wildman–Crippen MR) is 146 cm³/mol. The van der Waals surface area contributed by atoms with Crippen LogP contribution in [0.4, 0.5) is 11.4 Å². The maximum atomic E-state index is 11.3. The number of benzene rings is 3. The summed E-state index contributed by atoms with van der Waals surface area (Å²) in [6.07, 6.45) is 6.17. The topological polar surface area (TPSA) is 73.6 Å². The molecular weight excluding hydrogens is 468 g/mol. The molecule has 184 valence electrons. The summed E-state index contributed by atoms with van der Waals surface area (Å²) in [5, 5.41) is 18.3. The second-order valence-electron chi connectivity index (χ2n) is 8.66. The molecule has 1 heterocycles. The zero-order valence-electron chi connectivity index (χ0n) is 20.7. The quantitative estimate of drug-likeness (QED) is 0.174. The van der Waals surface area contributed by atoms with Gasteiger partial charge in [-0.05, 0) is 72.5 Å². The number of ether oxygens (including phenoxy) is 1. The number of carboxylic acids is 1. The smallest absolute Gasteiger partial charge is 0.346 e. The molecule has 0 aromatic heterocycles. The molecule has 0 aliphatic carbocycles. The Morgan fingerprint density at radius 2 is 1.67 bits per heavy atom. The lowest BCUT2D eigenvalue weighted by molar-refractivity contribution is -0.132. The van der Waals surface area contributed by atoms with Gasteiger partial charge in [-0.1, -0.05) is 62.2 Å². The Labute approximate surface area is 217 Å². The fraction of sp³-hybridized carbons (Fsp3) is 0.267. The van der Waals surface area contributed by atoms with E-state index in [1.54, 1.807) is 17.8 Å². The van der Waals surface area contributed by atoms with E-state index in [2.05, 4.69) is 49.1 Å². The third-order valence-corrected chi connectivity index (χ3v) is 7.27. The molecule has 5 nitrogen and oxygen atoms in total. The molecule has 1 aliphatic heterocycles. The molecule has 0 spiro atoms. The van der Waals surface area contributed by atoms with Gasteiger partial charge in [-0.2, -0.15) is 5.26 Å². The predicted octanol–water partition coefficient (Wildman–Crippen LogP) is 7.93. The highest BCUT2D eigenvalue weighted by Crippen LogP contribution is 2.49. The first-order valence-corrected chi connectivity index (χ1v) is 13.2. The molecule has 1 aliphatic rings. The molecule has 4 rings (SSSR count). The molecule has 0 saturated carbocycles. The summed E-state index contributed by atoms with van der Waals surface area (Å²) in [5.41, 5.74) is 4.90. The summed E-state index contributed by atoms with van der Waals surface area (Å²) in [4.78, 5) is 15.7. The monoisotopic (exact) mass is 498 g/mol. The van der Waals surface area contributed by atoms with Crippen molar-refractivity contribution >= 4 is 35.2 Å². The van der Waals surface area contributed by atoms with Crippen LogP contribution in [0.25, 0.3) is 17.2 Å². The number of nitrogens with zero attached hydrogens (tertiary/aromatic N) is 2. The molecule has 0 atom stereocenters. The average Bonchev–Trinajstić information content (AvgIpc) is 2.90. The van der Waals surface area contributed by atoms with E-state index in [9.17, 15) is 9.90 Å². The lowest BCUT2D eigenvalue weighted by atomic mass is 10.0. The van der Waals surface area contributed by atoms with Crippen molar-refractivity contribution in [3.05, 3.63) is 71.8 Å². The molecule has 3 aromatic rings. The Kier molecular flexibility index (Phi) is 8.35. The minimum atomic E-state index is -1.22. The number of nitriles is 1. The number of hydrogen-bond donors (Lipinski definition) is 1. The van der Waals surface area contributed by atoms with Crippen molar-refractivity contribution in [3.8, 4) is 22.9 Å². The van der Waals surface area contributed by atoms with Crippen LogP contribution in [0.2, 0.25) is 0 Å². The Balaban J connectivity index is 1.56. The van der Waals surface area contributed by atoms with Crippen molar-refractivity contribution in [2.75, 3.05) is 18.1 Å². The van der Waals surface area contributed by atoms with Gasteiger partial charge >= 0.3 is 5.97 Å². The molecule has 3 aromatic carbocycles. The summed E-state index contributed by atoms with van der Waals surface area (Å²) < 4.78 is 5.89. The molecule has 1 N–H and O–H groups in total. The van der Waals surface area contributed by atoms with E-state index in [1.165, 1.54) is 25.3 Å². The van der Waals surface area contributed by atoms with Gasteiger partial charge in [-0.3, -0.25) is 0 Å². The summed E-state index contributed by atoms with van der Waals surface area (Å²) in [7, 11) is 0. The van der Waals surface area contributed by atoms with Crippen molar-refractivity contribution in [2.24, 2.45) is 0 Å². The molecule has 0 fully saturated rings. The van der Waals surface area contributed by atoms with Crippen LogP contribution in [0, 0.1) is 11.3 Å². The largest absolute Gasteiger partial charge is 0.494 e. The van der Waals surface area contributed by atoms with Crippen molar-refractivity contribution < 1.29 is 14.6 Å². The van der Waals surface area contributed by atoms with Gasteiger partial charge in [0.2, 0.25) is 0 Å². The van der Waals surface area contributed by atoms with E-state index < -0.39 is 5.97 Å². The molecule has 0 amide bonds. The summed E-state index contributed by atoms with van der Waals surface area (Å²) in [5.74, 6) is -0.326. The highest BCUT2D eigenvalue weighted by Gasteiger charge is 2.23. The van der Waals surface area contributed by atoms with E-state index in [-0.39, 0.29) is 5.57 Å². The molecule has 36 heavy (non-hydrogen) atoms. The number of carbonyl (C=O) groups is 1. The van der Waals surface area contributed by atoms with Crippen LogP contribution >= 0.6 is 11.8 Å². The molecule has 6 heteroatoms. The van der Waals surface area contributed by atoms with Gasteiger partial charge in [0.15, 0.2) is 0 Å². The second kappa shape index (κ2) is 11.8. The van der Waals surface area contributed by atoms with E-state index in [0.29, 0.717) is 5.56 Å². The third-order valence-electron chi connectivity index (χ3n) is 6.18. The van der Waals surface area contributed by atoms with Crippen LogP contribution in [0.3, 0.4) is 0 Å². The van der Waals surface area contributed by atoms with Crippen molar-refractivity contribution in [1.82, 2.24) is 0 Å². The number of aliphatic carboxylic acids is 1. The van der Waals surface area contributed by atoms with E-state index >= 15 is 0 Å². The first-order chi connectivity index (χ1) is 17.5. The SMILES string of the molecule is CCCCCCOc1ccc(-c2ccc3c(c2)Sc2cc(/C=C(/C#N)C(=O)O)ccc2N3CC)cc1. The van der Waals surface area contributed by atoms with Crippen LogP contribution in [-0.4, -0.2) is 24.2 Å². The summed E-state index contributed by atoms with van der Waals surface area (Å²) in [6.45, 7) is 5.88. The lowest BCUT2D eigenvalue weighted by Crippen LogP contribution is -2.20. The van der Waals surface area contributed by atoms with Gasteiger partial charge < -0.3 is 14.7 Å². The second-order valence-corrected chi connectivity index (χ2v) is 9.75. The standard InChI is InChI=1S/C30H30N2O3S/c1-3-5-6-7-16-35-25-12-9-22(10-13-25)23-11-15-27-29(19-23)36-28-18-21(17-24(20-31)30(33)34)8-14-26(28)32(27)4-2/h8-15,17-19H,3-7,16H2,1-2H3,(H,33,34)/b24-17-. The Hall–Kier alpha value is -3.69. The van der Waals surface area contributed by atoms with Gasteiger partial charge in [0.05, 0.1) is 18.0 Å². The number of fused-ring (bicyclic) bond motifs is 2. The number of carboxylic acid groups (broad SMARTS) is 1. The molecule has 0 unspecified atom stereocenters. The Bertz CT molecular complexity index is 1310. The number of rotatable bonds is 10. The molecule has 0 bridgehead atoms. The highest BCUT2D eigenvalue weighted by molar-refractivity contribution is 7.99. The summed E-state index contributed by atoms with van der Waals surface area (Å²) >= 11 is 1.66. The van der Waals surface area contributed by atoms with Gasteiger partial charge in [-0.15, -0.1) is 0 Å². The number of anilines is 2. The minimum Gasteiger partial charge on any atom is -0.494 e. The Morgan fingerprint density at radius 1 is 0.972 bits per heavy atom. The lowest BCUT2D eigenvalue weighted by Gasteiger charge is -2.32. The van der Waals surface area contributed by atoms with Gasteiger partial charge in [0.25, 0.3) is 0 Å². The third kappa shape index (κ3) is 5.75. The van der Waals surface area contributed by atoms with Crippen LogP contribution in [0.5, 0.6) is 5.75 Å². The van der Waals surface area contributed by atoms with Crippen molar-refractivity contribution in [3.63, 3.8) is 0 Å². The van der Waals surface area contributed by atoms with Crippen molar-refractivity contribution in [2.45, 2.75) is 49.3 Å². The average molecular weight is 499 g/mol. The van der Waals surface area contributed by atoms with Crippen LogP contribution < -0.4 is 9.64 Å². The fourth-order valence-corrected chi connectivity index (χ4v) is 5.47. The van der Waals surface area contributed by atoms with Gasteiger partial charge in [0.1, 0.15) is 17.4 Å². The van der Waals surface area contributed by atoms with E-state index in [1.807, 2.05) is 30.3 Å². The first-order valence-electron chi connectivity index (χ1n) is 12.4. The van der Waals surface area contributed by atoms with Gasteiger partial charge in [0, 0.05) is 16.3 Å². The van der Waals surface area contributed by atoms with Crippen molar-refractivity contribution in [1.29, 1.82) is 5.26 Å². The normalized spacial score (nSPS) is 12.5. The Morgan fingerprint density at radius 3 is 2.33 bits per heavy atom. The fourth-order valence-electron chi connectivity index (χ4n) is 4.28. The zero-order chi connectivity index (χ0) is 25.5. The van der Waals surface area contributed by atoms with Crippen LogP contribution in [0.1, 0.15) is 45.1 Å². The highest BCUT2D eigenvalue weighted by atomic mass is 32.2. The zero-order valence-corrected chi connectivity index (χ0v) is 21.5. The van der Waals surface area contributed by atoms with Gasteiger partial charge in [-0.25, -0.2) is 4.79 Å². The number of hydrogen-bond acceptors (Lipinski definition) is 5. The van der Waals surface area contributed by atoms with E-state index in [4.69, 9.17) is 10.00 Å².